The quantitative estimate of drug-likeness (QED) is 0.315. The molecule has 1 aliphatic heterocycles. The first-order valence-electron chi connectivity index (χ1n) is 11.4. The molecule has 0 saturated carbocycles. The van der Waals surface area contributed by atoms with Crippen LogP contribution in [0.1, 0.15) is 17.2 Å². The molecular formula is C31H25OP. The van der Waals surface area contributed by atoms with Gasteiger partial charge in [0.05, 0.1) is 0 Å². The zero-order valence-electron chi connectivity index (χ0n) is 18.3. The third-order valence-corrected chi connectivity index (χ3v) is 12.7. The Hall–Kier alpha value is -3.51. The van der Waals surface area contributed by atoms with Crippen molar-refractivity contribution in [2.45, 2.75) is 6.10 Å². The molecule has 5 aromatic rings. The van der Waals surface area contributed by atoms with E-state index < -0.39 is 6.83 Å². The molecule has 160 valence electrons. The summed E-state index contributed by atoms with van der Waals surface area (Å²) in [6.45, 7) is -3.51. The molecule has 0 saturated heterocycles. The maximum atomic E-state index is 7.68. The van der Waals surface area contributed by atoms with E-state index in [1.807, 2.05) is 0 Å². The van der Waals surface area contributed by atoms with E-state index in [2.05, 4.69) is 146 Å². The normalized spacial score (nSPS) is 19.2. The predicted molar refractivity (Wildman–Crippen MR) is 141 cm³/mol. The van der Waals surface area contributed by atoms with Gasteiger partial charge >= 0.3 is 195 Å². The molecule has 0 aromatic heterocycles. The molecule has 6 rings (SSSR count). The van der Waals surface area contributed by atoms with Gasteiger partial charge in [0.25, 0.3) is 0 Å². The zero-order chi connectivity index (χ0) is 22.2. The molecule has 2 heteroatoms. The Balaban J connectivity index is 1.83. The van der Waals surface area contributed by atoms with E-state index in [4.69, 9.17) is 4.52 Å². The molecule has 33 heavy (non-hydrogen) atoms. The summed E-state index contributed by atoms with van der Waals surface area (Å²) in [7, 11) is 0. The Morgan fingerprint density at radius 2 is 0.818 bits per heavy atom. The van der Waals surface area contributed by atoms with Crippen molar-refractivity contribution in [2.75, 3.05) is 0 Å². The Bertz CT molecular complexity index is 1280. The monoisotopic (exact) mass is 444 g/mol. The van der Waals surface area contributed by atoms with Gasteiger partial charge in [0.15, 0.2) is 0 Å². The van der Waals surface area contributed by atoms with Crippen LogP contribution in [0.3, 0.4) is 0 Å². The van der Waals surface area contributed by atoms with Crippen LogP contribution in [0, 0.1) is 0 Å². The number of rotatable bonds is 4. The van der Waals surface area contributed by atoms with Gasteiger partial charge in [0, 0.05) is 0 Å². The topological polar surface area (TPSA) is 9.23 Å². The second kappa shape index (κ2) is 7.81. The summed E-state index contributed by atoms with van der Waals surface area (Å²) in [5.41, 5.74) is 2.43. The molecule has 1 aliphatic rings. The Labute approximate surface area is 195 Å². The fraction of sp³-hybridized carbons (Fsp3) is 0.0323. The molecular weight excluding hydrogens is 419 g/mol. The molecule has 1 heterocycles. The number of hydrogen-bond donors (Lipinski definition) is 0. The minimum absolute atomic E-state index is 0.152. The predicted octanol–water partition coefficient (Wildman–Crippen LogP) is 5.88. The van der Waals surface area contributed by atoms with Gasteiger partial charge in [0.1, 0.15) is 0 Å². The first-order chi connectivity index (χ1) is 16.3. The van der Waals surface area contributed by atoms with Crippen LogP contribution in [0.5, 0.6) is 0 Å². The van der Waals surface area contributed by atoms with Crippen molar-refractivity contribution in [1.82, 2.24) is 0 Å². The molecule has 0 amide bonds. The zero-order valence-corrected chi connectivity index (χ0v) is 19.2. The average Bonchev–Trinajstić information content (AvgIpc) is 3.25. The average molecular weight is 445 g/mol. The van der Waals surface area contributed by atoms with E-state index in [9.17, 15) is 0 Å². The number of benzene rings is 5. The van der Waals surface area contributed by atoms with E-state index in [1.54, 1.807) is 0 Å². The minimum atomic E-state index is -3.51. The van der Waals surface area contributed by atoms with Crippen LogP contribution in [-0.4, -0.2) is 0 Å². The summed E-state index contributed by atoms with van der Waals surface area (Å²) in [5, 5.41) is 4.98. The van der Waals surface area contributed by atoms with Crippen LogP contribution in [0.25, 0.3) is 0 Å². The third-order valence-electron chi connectivity index (χ3n) is 6.84. The van der Waals surface area contributed by atoms with E-state index in [1.165, 1.54) is 32.3 Å². The van der Waals surface area contributed by atoms with Crippen LogP contribution in [-0.2, 0) is 4.52 Å². The van der Waals surface area contributed by atoms with Crippen LogP contribution in [0.2, 0.25) is 0 Å². The van der Waals surface area contributed by atoms with Gasteiger partial charge < -0.3 is 0 Å². The molecule has 0 unspecified atom stereocenters. The first-order valence-corrected chi connectivity index (χ1v) is 13.5. The summed E-state index contributed by atoms with van der Waals surface area (Å²) < 4.78 is 7.68. The van der Waals surface area contributed by atoms with E-state index in [-0.39, 0.29) is 6.10 Å². The molecule has 5 aromatic carbocycles. The van der Waals surface area contributed by atoms with Crippen molar-refractivity contribution in [3.8, 4) is 0 Å². The summed E-state index contributed by atoms with van der Waals surface area (Å²) in [6.07, 6.45) is -0.152. The van der Waals surface area contributed by atoms with Gasteiger partial charge in [-0.05, 0) is 0 Å². The van der Waals surface area contributed by atoms with Crippen molar-refractivity contribution in [3.63, 3.8) is 0 Å². The van der Waals surface area contributed by atoms with E-state index in [0.29, 0.717) is 0 Å². The van der Waals surface area contributed by atoms with Crippen molar-refractivity contribution < 1.29 is 4.52 Å². The summed E-state index contributed by atoms with van der Waals surface area (Å²) >= 11 is 0. The molecule has 0 radical (unpaired) electrons. The molecule has 0 fully saturated rings. The summed E-state index contributed by atoms with van der Waals surface area (Å²) in [6, 6.07) is 52.0. The fourth-order valence-corrected chi connectivity index (χ4v) is 11.6. The van der Waals surface area contributed by atoms with Crippen molar-refractivity contribution in [2.24, 2.45) is 0 Å². The van der Waals surface area contributed by atoms with Crippen molar-refractivity contribution in [3.05, 3.63) is 157 Å². The SMILES string of the molecule is c1ccc([C@@H]2OP(c3ccccc3)(c3ccccc3)(c3ccccc3)c3ccccc32)cc1. The molecule has 0 N–H and O–H groups in total. The Morgan fingerprint density at radius 1 is 0.424 bits per heavy atom. The van der Waals surface area contributed by atoms with Crippen LogP contribution >= 0.6 is 6.83 Å². The number of hydrogen-bond acceptors (Lipinski definition) is 1. The molecule has 1 atom stereocenters. The van der Waals surface area contributed by atoms with E-state index >= 15 is 0 Å². The first kappa shape index (κ1) is 20.1. The van der Waals surface area contributed by atoms with Crippen LogP contribution in [0.4, 0.5) is 0 Å². The van der Waals surface area contributed by atoms with Gasteiger partial charge in [-0.1, -0.05) is 0 Å². The maximum absolute atomic E-state index is 7.68. The molecule has 1 nitrogen and oxygen atoms in total. The van der Waals surface area contributed by atoms with E-state index in [0.717, 1.165) is 0 Å². The Morgan fingerprint density at radius 3 is 1.30 bits per heavy atom. The standard InChI is InChI=1S/C31H25OP/c1-5-15-25(16-6-1)31-29-23-13-14-24-30(29)33(32-31,26-17-7-2-8-18-26,27-19-9-3-10-20-27)28-21-11-4-12-22-28/h1-24,31H/t31-/m0/s1. The van der Waals surface area contributed by atoms with Crippen molar-refractivity contribution in [1.29, 1.82) is 0 Å². The van der Waals surface area contributed by atoms with Crippen molar-refractivity contribution >= 4 is 28.0 Å². The number of fused-ring (bicyclic) bond motifs is 1. The summed E-state index contributed by atoms with van der Waals surface area (Å²) in [5.74, 6) is 0. The van der Waals surface area contributed by atoms with Gasteiger partial charge in [-0.25, -0.2) is 0 Å². The van der Waals surface area contributed by atoms with Crippen LogP contribution < -0.4 is 21.2 Å². The second-order valence-electron chi connectivity index (χ2n) is 8.50. The van der Waals surface area contributed by atoms with Gasteiger partial charge in [-0.2, -0.15) is 0 Å². The van der Waals surface area contributed by atoms with Gasteiger partial charge in [0.2, 0.25) is 0 Å². The molecule has 0 bridgehead atoms. The molecule has 0 spiro atoms. The van der Waals surface area contributed by atoms with Gasteiger partial charge in [-0.15, -0.1) is 0 Å². The molecule has 0 aliphatic carbocycles. The Kier molecular flexibility index (Phi) is 4.76. The van der Waals surface area contributed by atoms with Gasteiger partial charge in [-0.3, -0.25) is 0 Å². The second-order valence-corrected chi connectivity index (χ2v) is 12.8. The van der Waals surface area contributed by atoms with Crippen LogP contribution in [0.15, 0.2) is 146 Å². The third kappa shape index (κ3) is 2.74. The summed E-state index contributed by atoms with van der Waals surface area (Å²) in [4.78, 5) is 0. The fourth-order valence-electron chi connectivity index (χ4n) is 5.47.